The number of aromatic nitrogens is 2. The van der Waals surface area contributed by atoms with Gasteiger partial charge in [0.2, 0.25) is 5.95 Å². The van der Waals surface area contributed by atoms with E-state index in [4.69, 9.17) is 26.8 Å². The second-order valence-electron chi connectivity index (χ2n) is 4.82. The van der Waals surface area contributed by atoms with E-state index in [2.05, 4.69) is 9.97 Å². The molecule has 0 radical (unpaired) electrons. The molecule has 6 nitrogen and oxygen atoms in total. The third-order valence-corrected chi connectivity index (χ3v) is 3.74. The molecule has 2 aromatic carbocycles. The molecule has 3 rings (SSSR count). The molecule has 0 unspecified atom stereocenters. The van der Waals surface area contributed by atoms with E-state index in [1.165, 1.54) is 6.07 Å². The molecular formula is C16H14ClN3O3. The molecule has 0 fully saturated rings. The number of anilines is 1. The second-order valence-corrected chi connectivity index (χ2v) is 5.23. The van der Waals surface area contributed by atoms with E-state index in [-0.39, 0.29) is 16.7 Å². The molecule has 0 saturated carbocycles. The zero-order valence-electron chi connectivity index (χ0n) is 12.5. The topological polar surface area (TPSA) is 90.5 Å². The van der Waals surface area contributed by atoms with Gasteiger partial charge in [0.25, 0.3) is 0 Å². The maximum Gasteiger partial charge on any atom is 0.221 e. The Morgan fingerprint density at radius 3 is 2.39 bits per heavy atom. The molecule has 0 aliphatic heterocycles. The fraction of sp³-hybridized carbons (Fsp3) is 0.125. The fourth-order valence-corrected chi connectivity index (χ4v) is 2.53. The highest BCUT2D eigenvalue weighted by Crippen LogP contribution is 2.37. The van der Waals surface area contributed by atoms with E-state index in [0.717, 1.165) is 5.39 Å². The number of hydrogen-bond acceptors (Lipinski definition) is 6. The van der Waals surface area contributed by atoms with Crippen LogP contribution in [0.4, 0.5) is 5.95 Å². The summed E-state index contributed by atoms with van der Waals surface area (Å²) in [4.78, 5) is 8.54. The lowest BCUT2D eigenvalue weighted by molar-refractivity contribution is 0.356. The predicted octanol–water partition coefficient (Wildman–Crippen LogP) is 3.26. The molecule has 3 aromatic rings. The zero-order chi connectivity index (χ0) is 16.6. The van der Waals surface area contributed by atoms with Crippen LogP contribution in [0.15, 0.2) is 30.3 Å². The quantitative estimate of drug-likeness (QED) is 0.765. The second kappa shape index (κ2) is 5.81. The number of benzene rings is 2. The average molecular weight is 332 g/mol. The molecule has 23 heavy (non-hydrogen) atoms. The van der Waals surface area contributed by atoms with Crippen LogP contribution in [0.5, 0.6) is 17.2 Å². The number of halogens is 1. The van der Waals surface area contributed by atoms with Crippen LogP contribution in [-0.4, -0.2) is 29.3 Å². The van der Waals surface area contributed by atoms with Gasteiger partial charge < -0.3 is 20.3 Å². The fourth-order valence-electron chi connectivity index (χ4n) is 2.35. The molecule has 0 spiro atoms. The smallest absolute Gasteiger partial charge is 0.221 e. The van der Waals surface area contributed by atoms with Crippen LogP contribution in [-0.2, 0) is 0 Å². The van der Waals surface area contributed by atoms with Crippen LogP contribution >= 0.6 is 11.6 Å². The summed E-state index contributed by atoms with van der Waals surface area (Å²) in [6.45, 7) is 0. The van der Waals surface area contributed by atoms with Crippen molar-refractivity contribution in [3.8, 4) is 28.5 Å². The number of rotatable bonds is 3. The largest absolute Gasteiger partial charge is 0.506 e. The van der Waals surface area contributed by atoms with Gasteiger partial charge >= 0.3 is 0 Å². The third-order valence-electron chi connectivity index (χ3n) is 3.44. The third kappa shape index (κ3) is 2.68. The van der Waals surface area contributed by atoms with Crippen molar-refractivity contribution in [3.05, 3.63) is 35.4 Å². The minimum absolute atomic E-state index is 0.000926. The van der Waals surface area contributed by atoms with Crippen molar-refractivity contribution in [3.63, 3.8) is 0 Å². The van der Waals surface area contributed by atoms with Crippen molar-refractivity contribution in [2.24, 2.45) is 0 Å². The highest BCUT2D eigenvalue weighted by Gasteiger charge is 2.14. The Labute approximate surface area is 137 Å². The maximum absolute atomic E-state index is 9.58. The first kappa shape index (κ1) is 15.2. The van der Waals surface area contributed by atoms with E-state index in [9.17, 15) is 5.11 Å². The first-order chi connectivity index (χ1) is 11.0. The number of nitrogens with two attached hydrogens (primary N) is 1. The van der Waals surface area contributed by atoms with E-state index in [0.29, 0.717) is 28.3 Å². The molecule has 0 aliphatic carbocycles. The lowest BCUT2D eigenvalue weighted by Crippen LogP contribution is -1.99. The Bertz CT molecular complexity index is 899. The summed E-state index contributed by atoms with van der Waals surface area (Å²) in [7, 11) is 3.10. The monoisotopic (exact) mass is 331 g/mol. The van der Waals surface area contributed by atoms with Crippen LogP contribution in [0.1, 0.15) is 0 Å². The van der Waals surface area contributed by atoms with Gasteiger partial charge in [-0.1, -0.05) is 11.6 Å². The normalized spacial score (nSPS) is 10.7. The number of nitrogens with zero attached hydrogens (tertiary/aromatic N) is 2. The summed E-state index contributed by atoms with van der Waals surface area (Å²) < 4.78 is 10.6. The van der Waals surface area contributed by atoms with Crippen molar-refractivity contribution in [1.29, 1.82) is 0 Å². The SMILES string of the molecule is COc1cc2nc(N)nc(-c3ccc(O)c(Cl)c3)c2cc1OC. The van der Waals surface area contributed by atoms with E-state index in [1.54, 1.807) is 38.5 Å². The summed E-state index contributed by atoms with van der Waals surface area (Å²) in [6.07, 6.45) is 0. The molecule has 3 N–H and O–H groups in total. The molecule has 0 atom stereocenters. The standard InChI is InChI=1S/C16H14ClN3O3/c1-22-13-6-9-11(7-14(13)23-2)19-16(18)20-15(9)8-3-4-12(21)10(17)5-8/h3-7,21H,1-2H3,(H2,18,19,20). The zero-order valence-corrected chi connectivity index (χ0v) is 13.3. The van der Waals surface area contributed by atoms with Gasteiger partial charge in [-0.25, -0.2) is 9.97 Å². The Morgan fingerprint density at radius 1 is 1.04 bits per heavy atom. The number of methoxy groups -OCH3 is 2. The Kier molecular flexibility index (Phi) is 3.83. The number of phenols is 1. The molecule has 0 saturated heterocycles. The minimum atomic E-state index is 0.000926. The summed E-state index contributed by atoms with van der Waals surface area (Å²) in [5.74, 6) is 1.23. The molecule has 7 heteroatoms. The van der Waals surface area contributed by atoms with Crippen molar-refractivity contribution >= 4 is 28.5 Å². The molecule has 118 valence electrons. The molecule has 0 amide bonds. The number of fused-ring (bicyclic) bond motifs is 1. The van der Waals surface area contributed by atoms with Gasteiger partial charge in [0.1, 0.15) is 5.75 Å². The Hall–Kier alpha value is -2.73. The van der Waals surface area contributed by atoms with Gasteiger partial charge in [0, 0.05) is 17.0 Å². The molecule has 1 aromatic heterocycles. The highest BCUT2D eigenvalue weighted by molar-refractivity contribution is 6.32. The predicted molar refractivity (Wildman–Crippen MR) is 89.2 cm³/mol. The lowest BCUT2D eigenvalue weighted by Gasteiger charge is -2.12. The number of aromatic hydroxyl groups is 1. The molecule has 0 aliphatic rings. The average Bonchev–Trinajstić information content (AvgIpc) is 2.55. The van der Waals surface area contributed by atoms with Crippen LogP contribution in [0.25, 0.3) is 22.2 Å². The number of nitrogen functional groups attached to an aromatic ring is 1. The minimum Gasteiger partial charge on any atom is -0.506 e. The van der Waals surface area contributed by atoms with Crippen molar-refractivity contribution in [2.75, 3.05) is 20.0 Å². The number of phenolic OH excluding ortho intramolecular Hbond substituents is 1. The Balaban J connectivity index is 2.32. The van der Waals surface area contributed by atoms with Crippen LogP contribution < -0.4 is 15.2 Å². The van der Waals surface area contributed by atoms with Gasteiger partial charge in [-0.3, -0.25) is 0 Å². The molecule has 1 heterocycles. The van der Waals surface area contributed by atoms with Crippen molar-refractivity contribution in [1.82, 2.24) is 9.97 Å². The maximum atomic E-state index is 9.58. The van der Waals surface area contributed by atoms with Gasteiger partial charge in [-0.15, -0.1) is 0 Å². The summed E-state index contributed by atoms with van der Waals surface area (Å²) in [5, 5.41) is 10.5. The number of hydrogen-bond donors (Lipinski definition) is 2. The summed E-state index contributed by atoms with van der Waals surface area (Å²) in [6, 6.07) is 8.35. The lowest BCUT2D eigenvalue weighted by atomic mass is 10.1. The Morgan fingerprint density at radius 2 is 1.74 bits per heavy atom. The van der Waals surface area contributed by atoms with Crippen molar-refractivity contribution in [2.45, 2.75) is 0 Å². The number of ether oxygens (including phenoxy) is 2. The van der Waals surface area contributed by atoms with E-state index in [1.807, 2.05) is 0 Å². The summed E-state index contributed by atoms with van der Waals surface area (Å²) in [5.41, 5.74) is 7.74. The van der Waals surface area contributed by atoms with Crippen LogP contribution in [0.3, 0.4) is 0 Å². The molecule has 0 bridgehead atoms. The van der Waals surface area contributed by atoms with Gasteiger partial charge in [-0.2, -0.15) is 0 Å². The van der Waals surface area contributed by atoms with Gasteiger partial charge in [0.15, 0.2) is 11.5 Å². The van der Waals surface area contributed by atoms with E-state index >= 15 is 0 Å². The molecular weight excluding hydrogens is 318 g/mol. The first-order valence-electron chi connectivity index (χ1n) is 6.71. The van der Waals surface area contributed by atoms with Gasteiger partial charge in [0.05, 0.1) is 30.5 Å². The van der Waals surface area contributed by atoms with Gasteiger partial charge in [-0.05, 0) is 24.3 Å². The summed E-state index contributed by atoms with van der Waals surface area (Å²) >= 11 is 5.99. The van der Waals surface area contributed by atoms with Crippen LogP contribution in [0.2, 0.25) is 5.02 Å². The first-order valence-corrected chi connectivity index (χ1v) is 7.09. The highest BCUT2D eigenvalue weighted by atomic mass is 35.5. The van der Waals surface area contributed by atoms with Crippen molar-refractivity contribution < 1.29 is 14.6 Å². The van der Waals surface area contributed by atoms with Crippen LogP contribution in [0, 0.1) is 0 Å². The van der Waals surface area contributed by atoms with E-state index < -0.39 is 0 Å².